The molecule has 0 bridgehead atoms. The number of fused-ring (bicyclic) bond motifs is 1. The molecule has 8 nitrogen and oxygen atoms in total. The predicted molar refractivity (Wildman–Crippen MR) is 101 cm³/mol. The Bertz CT molecular complexity index is 845. The van der Waals surface area contributed by atoms with E-state index >= 15 is 0 Å². The van der Waals surface area contributed by atoms with E-state index in [1.807, 2.05) is 37.1 Å². The van der Waals surface area contributed by atoms with Gasteiger partial charge in [-0.1, -0.05) is 0 Å². The number of thiophene rings is 1. The molecule has 0 aliphatic carbocycles. The van der Waals surface area contributed by atoms with Crippen LogP contribution in [0, 0.1) is 10.1 Å². The van der Waals surface area contributed by atoms with E-state index in [4.69, 9.17) is 0 Å². The zero-order valence-corrected chi connectivity index (χ0v) is 15.8. The second kappa shape index (κ2) is 6.71. The molecule has 0 saturated carbocycles. The number of carbonyl (C=O) groups is 1. The first kappa shape index (κ1) is 18.4. The molecule has 26 heavy (non-hydrogen) atoms. The number of amides is 1. The molecule has 140 valence electrons. The van der Waals surface area contributed by atoms with Crippen molar-refractivity contribution in [3.8, 4) is 0 Å². The van der Waals surface area contributed by atoms with Gasteiger partial charge in [-0.25, -0.2) is 9.78 Å². The molecule has 1 fully saturated rings. The van der Waals surface area contributed by atoms with Crippen molar-refractivity contribution in [1.82, 2.24) is 9.88 Å². The lowest BCUT2D eigenvalue weighted by molar-refractivity contribution is -0.384. The Hall–Kier alpha value is -2.42. The smallest absolute Gasteiger partial charge is 0.408 e. The van der Waals surface area contributed by atoms with E-state index in [0.29, 0.717) is 18.8 Å². The molecule has 1 saturated heterocycles. The number of carboxylic acid groups (broad SMARTS) is 1. The molecule has 2 aromatic rings. The molecule has 9 heteroatoms. The molecule has 1 aliphatic rings. The van der Waals surface area contributed by atoms with Crippen molar-refractivity contribution >= 4 is 39.0 Å². The van der Waals surface area contributed by atoms with Gasteiger partial charge in [0.2, 0.25) is 0 Å². The molecule has 1 amide bonds. The minimum absolute atomic E-state index is 0.0332. The average molecular weight is 378 g/mol. The van der Waals surface area contributed by atoms with Crippen LogP contribution in [-0.2, 0) is 0 Å². The first-order chi connectivity index (χ1) is 12.2. The summed E-state index contributed by atoms with van der Waals surface area (Å²) in [7, 11) is 0. The van der Waals surface area contributed by atoms with Gasteiger partial charge >= 0.3 is 11.8 Å². The lowest BCUT2D eigenvalue weighted by Crippen LogP contribution is -2.56. The van der Waals surface area contributed by atoms with Crippen molar-refractivity contribution in [3.05, 3.63) is 27.8 Å². The largest absolute Gasteiger partial charge is 0.465 e. The number of nitro groups is 1. The van der Waals surface area contributed by atoms with E-state index < -0.39 is 16.6 Å². The third-order valence-electron chi connectivity index (χ3n) is 4.65. The summed E-state index contributed by atoms with van der Waals surface area (Å²) >= 11 is 1.44. The highest BCUT2D eigenvalue weighted by atomic mass is 32.1. The lowest BCUT2D eigenvalue weighted by atomic mass is 9.97. The third kappa shape index (κ3) is 3.31. The van der Waals surface area contributed by atoms with Crippen LogP contribution in [0.3, 0.4) is 0 Å². The van der Waals surface area contributed by atoms with E-state index in [9.17, 15) is 20.0 Å². The molecule has 0 spiro atoms. The summed E-state index contributed by atoms with van der Waals surface area (Å²) in [5.41, 5.74) is -0.0270. The second-order valence-corrected chi connectivity index (χ2v) is 8.35. The van der Waals surface area contributed by atoms with Gasteiger partial charge in [0.1, 0.15) is 16.7 Å². The maximum Gasteiger partial charge on any atom is 0.408 e. The fraction of sp³-hybridized carbons (Fsp3) is 0.529. The topological polar surface area (TPSA) is 99.8 Å². The molecular weight excluding hydrogens is 356 g/mol. The second-order valence-electron chi connectivity index (χ2n) is 7.45. The van der Waals surface area contributed by atoms with Crippen molar-refractivity contribution in [2.45, 2.75) is 45.2 Å². The number of anilines is 1. The Labute approximate surface area is 155 Å². The highest BCUT2D eigenvalue weighted by Gasteiger charge is 2.37. The zero-order chi connectivity index (χ0) is 19.1. The molecule has 0 radical (unpaired) electrons. The summed E-state index contributed by atoms with van der Waals surface area (Å²) in [6.07, 6.45) is 1.85. The number of hydrogen-bond donors (Lipinski definition) is 1. The maximum atomic E-state index is 11.8. The number of rotatable bonds is 3. The minimum atomic E-state index is -0.964. The van der Waals surface area contributed by atoms with Crippen LogP contribution in [0.25, 0.3) is 10.2 Å². The highest BCUT2D eigenvalue weighted by Crippen LogP contribution is 2.39. The first-order valence-corrected chi connectivity index (χ1v) is 9.36. The Balaban J connectivity index is 2.01. The lowest BCUT2D eigenvalue weighted by Gasteiger charge is -2.44. The van der Waals surface area contributed by atoms with Gasteiger partial charge in [-0.15, -0.1) is 11.3 Å². The van der Waals surface area contributed by atoms with Crippen LogP contribution < -0.4 is 4.90 Å². The summed E-state index contributed by atoms with van der Waals surface area (Å²) in [6.45, 7) is 6.69. The van der Waals surface area contributed by atoms with E-state index in [-0.39, 0.29) is 11.7 Å². The Kier molecular flexibility index (Phi) is 4.74. The number of aromatic nitrogens is 1. The molecule has 1 aliphatic heterocycles. The Morgan fingerprint density at radius 3 is 2.85 bits per heavy atom. The van der Waals surface area contributed by atoms with E-state index in [0.717, 1.165) is 23.1 Å². The summed E-state index contributed by atoms with van der Waals surface area (Å²) in [6, 6.07) is 1.63. The fourth-order valence-corrected chi connectivity index (χ4v) is 4.46. The number of hydrogen-bond acceptors (Lipinski definition) is 6. The zero-order valence-electron chi connectivity index (χ0n) is 15.0. The highest BCUT2D eigenvalue weighted by molar-refractivity contribution is 7.16. The summed E-state index contributed by atoms with van der Waals surface area (Å²) < 4.78 is 0. The standard InChI is InChI=1S/C17H22N4O4S/c1-17(2,3)20(16(22)23)11-5-4-7-19(10-11)14-12-6-8-26-15(12)18-9-13(14)21(24)25/h6,8-9,11H,4-5,7,10H2,1-3H3,(H,22,23)/t11-/m0/s1. The Morgan fingerprint density at radius 1 is 1.50 bits per heavy atom. The van der Waals surface area contributed by atoms with Crippen LogP contribution in [-0.4, -0.2) is 50.7 Å². The molecule has 1 N–H and O–H groups in total. The maximum absolute atomic E-state index is 11.8. The molecule has 1 atom stereocenters. The summed E-state index contributed by atoms with van der Waals surface area (Å²) in [5, 5.41) is 23.9. The monoisotopic (exact) mass is 378 g/mol. The van der Waals surface area contributed by atoms with E-state index in [1.54, 1.807) is 0 Å². The molecule has 3 heterocycles. The van der Waals surface area contributed by atoms with Crippen molar-refractivity contribution < 1.29 is 14.8 Å². The third-order valence-corrected chi connectivity index (χ3v) is 5.47. The number of pyridine rings is 1. The summed E-state index contributed by atoms with van der Waals surface area (Å²) in [5.74, 6) is 0. The average Bonchev–Trinajstić information content (AvgIpc) is 3.00. The van der Waals surface area contributed by atoms with Crippen LogP contribution in [0.5, 0.6) is 0 Å². The normalized spacial score (nSPS) is 18.1. The van der Waals surface area contributed by atoms with E-state index in [1.165, 1.54) is 22.4 Å². The summed E-state index contributed by atoms with van der Waals surface area (Å²) in [4.78, 5) is 31.3. The molecule has 3 rings (SSSR count). The van der Waals surface area contributed by atoms with Crippen LogP contribution in [0.15, 0.2) is 17.6 Å². The SMILES string of the molecule is CC(C)(C)N(C(=O)O)[C@H]1CCCN(c2c([N+](=O)[O-])cnc3sccc23)C1. The molecular formula is C17H22N4O4S. The van der Waals surface area contributed by atoms with Gasteiger partial charge < -0.3 is 10.0 Å². The van der Waals surface area contributed by atoms with Crippen LogP contribution in [0.1, 0.15) is 33.6 Å². The van der Waals surface area contributed by atoms with Crippen LogP contribution in [0.2, 0.25) is 0 Å². The van der Waals surface area contributed by atoms with Crippen molar-refractivity contribution in [2.24, 2.45) is 0 Å². The quantitative estimate of drug-likeness (QED) is 0.641. The van der Waals surface area contributed by atoms with Gasteiger partial charge in [-0.3, -0.25) is 15.0 Å². The number of piperidine rings is 1. The molecule has 0 unspecified atom stereocenters. The van der Waals surface area contributed by atoms with Gasteiger partial charge in [-0.05, 0) is 45.1 Å². The van der Waals surface area contributed by atoms with Gasteiger partial charge in [0, 0.05) is 24.0 Å². The number of nitrogens with zero attached hydrogens (tertiary/aromatic N) is 4. The predicted octanol–water partition coefficient (Wildman–Crippen LogP) is 3.95. The van der Waals surface area contributed by atoms with Crippen molar-refractivity contribution in [3.63, 3.8) is 0 Å². The minimum Gasteiger partial charge on any atom is -0.465 e. The fourth-order valence-electron chi connectivity index (χ4n) is 3.73. The van der Waals surface area contributed by atoms with Gasteiger partial charge in [0.05, 0.1) is 11.0 Å². The van der Waals surface area contributed by atoms with Crippen molar-refractivity contribution in [2.75, 3.05) is 18.0 Å². The molecule has 2 aromatic heterocycles. The van der Waals surface area contributed by atoms with Gasteiger partial charge in [0.15, 0.2) is 0 Å². The Morgan fingerprint density at radius 2 is 2.23 bits per heavy atom. The van der Waals surface area contributed by atoms with Crippen molar-refractivity contribution in [1.29, 1.82) is 0 Å². The van der Waals surface area contributed by atoms with Crippen LogP contribution in [0.4, 0.5) is 16.2 Å². The van der Waals surface area contributed by atoms with Gasteiger partial charge in [0.25, 0.3) is 0 Å². The van der Waals surface area contributed by atoms with Crippen LogP contribution >= 0.6 is 11.3 Å². The van der Waals surface area contributed by atoms with Gasteiger partial charge in [-0.2, -0.15) is 0 Å². The first-order valence-electron chi connectivity index (χ1n) is 8.48. The molecule has 0 aromatic carbocycles. The van der Waals surface area contributed by atoms with E-state index in [2.05, 4.69) is 4.98 Å².